The van der Waals surface area contributed by atoms with E-state index in [1.54, 1.807) is 13.8 Å². The average Bonchev–Trinajstić information content (AvgIpc) is 2.42. The summed E-state index contributed by atoms with van der Waals surface area (Å²) in [5, 5.41) is 0. The zero-order chi connectivity index (χ0) is 15.5. The normalized spacial score (nSPS) is 9.35. The highest BCUT2D eigenvalue weighted by molar-refractivity contribution is 6.18. The maximum absolute atomic E-state index is 11.6. The fourth-order valence-electron chi connectivity index (χ4n) is 1.18. The van der Waals surface area contributed by atoms with Gasteiger partial charge in [-0.05, 0) is 13.8 Å². The molecule has 0 amide bonds. The molecule has 0 aliphatic rings. The number of allylic oxidation sites excluding steroid dienone is 1. The summed E-state index contributed by atoms with van der Waals surface area (Å²) in [5.41, 5.74) is -0.483. The molecule has 0 bridgehead atoms. The minimum Gasteiger partial charge on any atom is -0.469 e. The van der Waals surface area contributed by atoms with Crippen molar-refractivity contribution < 1.29 is 33.4 Å². The number of hydrogen-bond donors (Lipinski definition) is 0. The molecule has 0 aromatic carbocycles. The van der Waals surface area contributed by atoms with E-state index < -0.39 is 29.3 Å². The molecular formula is C13H18O7. The van der Waals surface area contributed by atoms with Gasteiger partial charge in [-0.1, -0.05) is 0 Å². The fraction of sp³-hybridized carbons (Fsp3) is 0.538. The van der Waals surface area contributed by atoms with Gasteiger partial charge in [-0.2, -0.15) is 0 Å². The summed E-state index contributed by atoms with van der Waals surface area (Å²) in [6.07, 6.45) is 0.526. The number of ketones is 1. The predicted octanol–water partition coefficient (Wildman–Crippen LogP) is 0.561. The summed E-state index contributed by atoms with van der Waals surface area (Å²) in [4.78, 5) is 45.6. The standard InChI is InChI=1S/C13H18O7/c1-4-19-12(16)10(13(17)20-5-2)8-9(14)6-7-11(15)18-3/h8H,4-7H2,1-3H3. The third-order valence-corrected chi connectivity index (χ3v) is 2.10. The van der Waals surface area contributed by atoms with Gasteiger partial charge in [0.05, 0.1) is 26.7 Å². The summed E-state index contributed by atoms with van der Waals surface area (Å²) in [5.74, 6) is -2.98. The van der Waals surface area contributed by atoms with E-state index in [1.165, 1.54) is 7.11 Å². The lowest BCUT2D eigenvalue weighted by atomic mass is 10.1. The van der Waals surface area contributed by atoms with Crippen molar-refractivity contribution in [3.05, 3.63) is 11.6 Å². The molecule has 20 heavy (non-hydrogen) atoms. The zero-order valence-corrected chi connectivity index (χ0v) is 11.8. The maximum Gasteiger partial charge on any atom is 0.345 e. The van der Waals surface area contributed by atoms with Gasteiger partial charge < -0.3 is 14.2 Å². The summed E-state index contributed by atoms with van der Waals surface area (Å²) in [6.45, 7) is 3.26. The van der Waals surface area contributed by atoms with Crippen LogP contribution < -0.4 is 0 Å². The van der Waals surface area contributed by atoms with Gasteiger partial charge in [-0.25, -0.2) is 9.59 Å². The van der Waals surface area contributed by atoms with Crippen LogP contribution >= 0.6 is 0 Å². The van der Waals surface area contributed by atoms with Gasteiger partial charge in [0, 0.05) is 12.5 Å². The lowest BCUT2D eigenvalue weighted by Gasteiger charge is -2.06. The molecule has 0 unspecified atom stereocenters. The molecule has 0 saturated heterocycles. The number of carbonyl (C=O) groups excluding carboxylic acids is 4. The van der Waals surface area contributed by atoms with Crippen LogP contribution in [0.25, 0.3) is 0 Å². The molecule has 0 atom stereocenters. The van der Waals surface area contributed by atoms with Gasteiger partial charge in [-0.15, -0.1) is 0 Å². The van der Waals surface area contributed by atoms with Crippen molar-refractivity contribution in [2.24, 2.45) is 0 Å². The minimum absolute atomic E-state index is 0.0614. The van der Waals surface area contributed by atoms with Crippen molar-refractivity contribution in [3.8, 4) is 0 Å². The number of methoxy groups -OCH3 is 1. The second-order valence-corrected chi connectivity index (χ2v) is 3.54. The Hall–Kier alpha value is -2.18. The third kappa shape index (κ3) is 6.67. The van der Waals surface area contributed by atoms with E-state index in [9.17, 15) is 19.2 Å². The fourth-order valence-corrected chi connectivity index (χ4v) is 1.18. The van der Waals surface area contributed by atoms with Crippen LogP contribution in [0.4, 0.5) is 0 Å². The molecule has 0 aliphatic heterocycles. The number of carbonyl (C=O) groups is 4. The highest BCUT2D eigenvalue weighted by Crippen LogP contribution is 2.05. The van der Waals surface area contributed by atoms with Crippen molar-refractivity contribution in [1.29, 1.82) is 0 Å². The SMILES string of the molecule is CCOC(=O)C(=CC(=O)CCC(=O)OC)C(=O)OCC. The molecule has 112 valence electrons. The Morgan fingerprint density at radius 1 is 0.900 bits per heavy atom. The Kier molecular flexibility index (Phi) is 8.65. The highest BCUT2D eigenvalue weighted by atomic mass is 16.6. The van der Waals surface area contributed by atoms with Crippen LogP contribution in [-0.4, -0.2) is 44.0 Å². The monoisotopic (exact) mass is 286 g/mol. The maximum atomic E-state index is 11.6. The Bertz CT molecular complexity index is 389. The van der Waals surface area contributed by atoms with Crippen LogP contribution in [0, 0.1) is 0 Å². The van der Waals surface area contributed by atoms with Crippen molar-refractivity contribution in [2.45, 2.75) is 26.7 Å². The molecule has 0 aromatic rings. The van der Waals surface area contributed by atoms with Crippen LogP contribution in [0.15, 0.2) is 11.6 Å². The number of rotatable bonds is 8. The van der Waals surface area contributed by atoms with Crippen molar-refractivity contribution >= 4 is 23.7 Å². The second kappa shape index (κ2) is 9.71. The topological polar surface area (TPSA) is 96.0 Å². The number of ether oxygens (including phenoxy) is 3. The largest absolute Gasteiger partial charge is 0.469 e. The molecule has 7 nitrogen and oxygen atoms in total. The first-order chi connectivity index (χ1) is 9.46. The van der Waals surface area contributed by atoms with Gasteiger partial charge in [0.2, 0.25) is 0 Å². The molecule has 0 N–H and O–H groups in total. The third-order valence-electron chi connectivity index (χ3n) is 2.10. The Morgan fingerprint density at radius 3 is 1.80 bits per heavy atom. The molecule has 0 aromatic heterocycles. The molecule has 0 aliphatic carbocycles. The van der Waals surface area contributed by atoms with E-state index in [2.05, 4.69) is 14.2 Å². The Balaban J connectivity index is 4.87. The van der Waals surface area contributed by atoms with Crippen LogP contribution in [-0.2, 0) is 33.4 Å². The molecule has 0 heterocycles. The van der Waals surface area contributed by atoms with Crippen LogP contribution in [0.2, 0.25) is 0 Å². The molecule has 0 saturated carbocycles. The van der Waals surface area contributed by atoms with Crippen molar-refractivity contribution in [2.75, 3.05) is 20.3 Å². The number of hydrogen-bond acceptors (Lipinski definition) is 7. The quantitative estimate of drug-likeness (QED) is 0.211. The van der Waals surface area contributed by atoms with E-state index in [4.69, 9.17) is 0 Å². The molecule has 0 fully saturated rings. The van der Waals surface area contributed by atoms with Crippen molar-refractivity contribution in [1.82, 2.24) is 0 Å². The van der Waals surface area contributed by atoms with Gasteiger partial charge in [0.1, 0.15) is 5.57 Å². The van der Waals surface area contributed by atoms with Gasteiger partial charge in [-0.3, -0.25) is 9.59 Å². The Morgan fingerprint density at radius 2 is 1.40 bits per heavy atom. The summed E-state index contributed by atoms with van der Waals surface area (Å²) in [7, 11) is 1.20. The summed E-state index contributed by atoms with van der Waals surface area (Å²) < 4.78 is 13.7. The van der Waals surface area contributed by atoms with E-state index in [-0.39, 0.29) is 26.1 Å². The lowest BCUT2D eigenvalue weighted by Crippen LogP contribution is -2.20. The van der Waals surface area contributed by atoms with Gasteiger partial charge >= 0.3 is 17.9 Å². The van der Waals surface area contributed by atoms with Gasteiger partial charge in [0.25, 0.3) is 0 Å². The smallest absolute Gasteiger partial charge is 0.345 e. The van der Waals surface area contributed by atoms with Crippen LogP contribution in [0.5, 0.6) is 0 Å². The molecule has 0 spiro atoms. The van der Waals surface area contributed by atoms with E-state index >= 15 is 0 Å². The van der Waals surface area contributed by atoms with Crippen LogP contribution in [0.3, 0.4) is 0 Å². The van der Waals surface area contributed by atoms with E-state index in [0.717, 1.165) is 6.08 Å². The average molecular weight is 286 g/mol. The second-order valence-electron chi connectivity index (χ2n) is 3.54. The molecular weight excluding hydrogens is 268 g/mol. The Labute approximate surface area is 116 Å². The lowest BCUT2D eigenvalue weighted by molar-refractivity contribution is -0.147. The minimum atomic E-state index is -0.933. The molecule has 0 radical (unpaired) electrons. The summed E-state index contributed by atoms with van der Waals surface area (Å²) >= 11 is 0. The van der Waals surface area contributed by atoms with Crippen LogP contribution in [0.1, 0.15) is 26.7 Å². The number of esters is 3. The first-order valence-corrected chi connectivity index (χ1v) is 6.11. The highest BCUT2D eigenvalue weighted by Gasteiger charge is 2.22. The van der Waals surface area contributed by atoms with Gasteiger partial charge in [0.15, 0.2) is 5.78 Å². The first-order valence-electron chi connectivity index (χ1n) is 6.11. The van der Waals surface area contributed by atoms with Crippen molar-refractivity contribution in [3.63, 3.8) is 0 Å². The molecule has 0 rings (SSSR count). The molecule has 7 heteroatoms. The first kappa shape index (κ1) is 17.8. The van der Waals surface area contributed by atoms with E-state index in [1.807, 2.05) is 0 Å². The zero-order valence-electron chi connectivity index (χ0n) is 11.8. The summed E-state index contributed by atoms with van der Waals surface area (Å²) in [6, 6.07) is 0. The van der Waals surface area contributed by atoms with E-state index in [0.29, 0.717) is 0 Å². The predicted molar refractivity (Wildman–Crippen MR) is 67.6 cm³/mol.